The first-order valence-electron chi connectivity index (χ1n) is 9.18. The topological polar surface area (TPSA) is 91.2 Å². The van der Waals surface area contributed by atoms with Gasteiger partial charge in [0.2, 0.25) is 5.91 Å². The average Bonchev–Trinajstić information content (AvgIpc) is 3.26. The van der Waals surface area contributed by atoms with Crippen molar-refractivity contribution in [1.82, 2.24) is 20.2 Å². The Morgan fingerprint density at radius 3 is 2.79 bits per heavy atom. The number of nitrogens with one attached hydrogen (secondary N) is 1. The molecule has 0 spiro atoms. The van der Waals surface area contributed by atoms with E-state index in [2.05, 4.69) is 34.7 Å². The molecular weight excluding hydrogens is 370 g/mol. The van der Waals surface area contributed by atoms with Crippen molar-refractivity contribution in [2.24, 2.45) is 5.92 Å². The number of carbonyl (C=O) groups is 1. The molecule has 0 atom stereocenters. The van der Waals surface area contributed by atoms with Gasteiger partial charge in [-0.15, -0.1) is 5.10 Å². The van der Waals surface area contributed by atoms with Crippen LogP contribution in [0.5, 0.6) is 11.5 Å². The molecule has 0 saturated heterocycles. The number of rotatable bonds is 8. The zero-order valence-corrected chi connectivity index (χ0v) is 16.6. The van der Waals surface area contributed by atoms with Gasteiger partial charge in [-0.25, -0.2) is 4.68 Å². The van der Waals surface area contributed by atoms with Crippen LogP contribution >= 0.6 is 0 Å². The van der Waals surface area contributed by atoms with Crippen LogP contribution in [-0.4, -0.2) is 39.8 Å². The second kappa shape index (κ2) is 9.50. The maximum Gasteiger partial charge on any atom is 0.248 e. The van der Waals surface area contributed by atoms with E-state index in [0.29, 0.717) is 29.7 Å². The Bertz CT molecular complexity index is 984. The third-order valence-corrected chi connectivity index (χ3v) is 3.91. The summed E-state index contributed by atoms with van der Waals surface area (Å²) in [6, 6.07) is 12.8. The number of hydrogen-bond acceptors (Lipinski definition) is 6. The van der Waals surface area contributed by atoms with Gasteiger partial charge in [0.25, 0.3) is 0 Å². The summed E-state index contributed by atoms with van der Waals surface area (Å²) < 4.78 is 12.7. The highest BCUT2D eigenvalue weighted by Crippen LogP contribution is 2.29. The van der Waals surface area contributed by atoms with Gasteiger partial charge in [0.1, 0.15) is 6.33 Å². The van der Waals surface area contributed by atoms with Gasteiger partial charge in [-0.05, 0) is 58.3 Å². The molecule has 3 rings (SSSR count). The van der Waals surface area contributed by atoms with Crippen molar-refractivity contribution in [3.8, 4) is 17.2 Å². The monoisotopic (exact) mass is 393 g/mol. The molecule has 0 aliphatic carbocycles. The molecule has 3 aromatic rings. The summed E-state index contributed by atoms with van der Waals surface area (Å²) in [5.41, 5.74) is 2.22. The molecule has 0 bridgehead atoms. The highest BCUT2D eigenvalue weighted by atomic mass is 16.5. The highest BCUT2D eigenvalue weighted by Gasteiger charge is 2.07. The van der Waals surface area contributed by atoms with Crippen LogP contribution < -0.4 is 14.8 Å². The van der Waals surface area contributed by atoms with Gasteiger partial charge < -0.3 is 14.8 Å². The molecule has 0 aliphatic rings. The molecule has 1 amide bonds. The van der Waals surface area contributed by atoms with Gasteiger partial charge in [-0.1, -0.05) is 26.0 Å². The molecular formula is C21H23N5O3. The van der Waals surface area contributed by atoms with Crippen LogP contribution in [0.3, 0.4) is 0 Å². The van der Waals surface area contributed by atoms with Crippen molar-refractivity contribution >= 4 is 17.7 Å². The zero-order chi connectivity index (χ0) is 20.6. The molecule has 2 aromatic carbocycles. The summed E-state index contributed by atoms with van der Waals surface area (Å²) in [6.07, 6.45) is 4.67. The zero-order valence-electron chi connectivity index (χ0n) is 16.6. The number of methoxy groups -OCH3 is 1. The second-order valence-electron chi connectivity index (χ2n) is 6.74. The number of nitrogens with zero attached hydrogens (tertiary/aromatic N) is 4. The fourth-order valence-corrected chi connectivity index (χ4v) is 2.53. The predicted molar refractivity (Wildman–Crippen MR) is 110 cm³/mol. The van der Waals surface area contributed by atoms with E-state index in [-0.39, 0.29) is 5.91 Å². The van der Waals surface area contributed by atoms with E-state index < -0.39 is 0 Å². The molecule has 150 valence electrons. The summed E-state index contributed by atoms with van der Waals surface area (Å²) in [5, 5.41) is 13.9. The first-order valence-corrected chi connectivity index (χ1v) is 9.18. The van der Waals surface area contributed by atoms with Crippen molar-refractivity contribution in [2.75, 3.05) is 19.0 Å². The van der Waals surface area contributed by atoms with Crippen LogP contribution in [0.25, 0.3) is 11.8 Å². The summed E-state index contributed by atoms with van der Waals surface area (Å²) in [4.78, 5) is 12.3. The third kappa shape index (κ3) is 5.65. The quantitative estimate of drug-likeness (QED) is 0.590. The fourth-order valence-electron chi connectivity index (χ4n) is 2.53. The van der Waals surface area contributed by atoms with Crippen molar-refractivity contribution < 1.29 is 14.3 Å². The minimum Gasteiger partial charge on any atom is -0.493 e. The Labute approximate surface area is 169 Å². The summed E-state index contributed by atoms with van der Waals surface area (Å²) in [6.45, 7) is 4.78. The van der Waals surface area contributed by atoms with Crippen LogP contribution in [0.1, 0.15) is 19.4 Å². The van der Waals surface area contributed by atoms with E-state index in [1.807, 2.05) is 30.3 Å². The molecule has 0 radical (unpaired) electrons. The standard InChI is InChI=1S/C21H23N5O3/c1-15(2)13-29-19-9-7-16(11-20(19)28-3)8-10-21(27)23-17-5-4-6-18(12-17)26-14-22-24-25-26/h4-12,14-15H,13H2,1-3H3,(H,23,27)/b10-8+. The number of hydrogen-bond donors (Lipinski definition) is 1. The molecule has 29 heavy (non-hydrogen) atoms. The highest BCUT2D eigenvalue weighted by molar-refractivity contribution is 6.02. The lowest BCUT2D eigenvalue weighted by molar-refractivity contribution is -0.111. The van der Waals surface area contributed by atoms with Crippen molar-refractivity contribution in [3.63, 3.8) is 0 Å². The number of aromatic nitrogens is 4. The van der Waals surface area contributed by atoms with Crippen molar-refractivity contribution in [3.05, 3.63) is 60.4 Å². The second-order valence-corrected chi connectivity index (χ2v) is 6.74. The van der Waals surface area contributed by atoms with Gasteiger partial charge in [0.15, 0.2) is 11.5 Å². The molecule has 8 heteroatoms. The number of benzene rings is 2. The SMILES string of the molecule is COc1cc(/C=C/C(=O)Nc2cccc(-n3cnnn3)c2)ccc1OCC(C)C. The van der Waals surface area contributed by atoms with Gasteiger partial charge in [0, 0.05) is 11.8 Å². The lowest BCUT2D eigenvalue weighted by Gasteiger charge is -2.12. The largest absolute Gasteiger partial charge is 0.493 e. The summed E-state index contributed by atoms with van der Waals surface area (Å²) >= 11 is 0. The Morgan fingerprint density at radius 2 is 2.07 bits per heavy atom. The van der Waals surface area contributed by atoms with Crippen LogP contribution in [0.2, 0.25) is 0 Å². The normalized spacial score (nSPS) is 11.0. The van der Waals surface area contributed by atoms with Crippen molar-refractivity contribution in [1.29, 1.82) is 0 Å². The number of ether oxygens (including phenoxy) is 2. The molecule has 1 aromatic heterocycles. The van der Waals surface area contributed by atoms with Crippen LogP contribution in [0.15, 0.2) is 54.9 Å². The van der Waals surface area contributed by atoms with E-state index in [1.165, 1.54) is 17.1 Å². The maximum atomic E-state index is 12.3. The first kappa shape index (κ1) is 20.1. The number of carbonyl (C=O) groups excluding carboxylic acids is 1. The molecule has 8 nitrogen and oxygen atoms in total. The molecule has 0 saturated carbocycles. The smallest absolute Gasteiger partial charge is 0.248 e. The molecule has 1 heterocycles. The lowest BCUT2D eigenvalue weighted by Crippen LogP contribution is -2.08. The van der Waals surface area contributed by atoms with Gasteiger partial charge in [-0.2, -0.15) is 0 Å². The maximum absolute atomic E-state index is 12.3. The van der Waals surface area contributed by atoms with E-state index in [4.69, 9.17) is 9.47 Å². The van der Waals surface area contributed by atoms with E-state index >= 15 is 0 Å². The molecule has 1 N–H and O–H groups in total. The van der Waals surface area contributed by atoms with Crippen LogP contribution in [-0.2, 0) is 4.79 Å². The minimum absolute atomic E-state index is 0.252. The van der Waals surface area contributed by atoms with Crippen LogP contribution in [0, 0.1) is 5.92 Å². The van der Waals surface area contributed by atoms with Crippen molar-refractivity contribution in [2.45, 2.75) is 13.8 Å². The van der Waals surface area contributed by atoms with E-state index in [0.717, 1.165) is 11.3 Å². The number of anilines is 1. The van der Waals surface area contributed by atoms with Gasteiger partial charge >= 0.3 is 0 Å². The summed E-state index contributed by atoms with van der Waals surface area (Å²) in [5.74, 6) is 1.48. The Kier molecular flexibility index (Phi) is 6.57. The first-order chi connectivity index (χ1) is 14.0. The Hall–Kier alpha value is -3.68. The van der Waals surface area contributed by atoms with Crippen LogP contribution in [0.4, 0.5) is 5.69 Å². The minimum atomic E-state index is -0.252. The Morgan fingerprint density at radius 1 is 1.21 bits per heavy atom. The number of tetrazole rings is 1. The average molecular weight is 393 g/mol. The van der Waals surface area contributed by atoms with E-state index in [9.17, 15) is 4.79 Å². The molecule has 0 unspecified atom stereocenters. The molecule has 0 fully saturated rings. The Balaban J connectivity index is 1.65. The summed E-state index contributed by atoms with van der Waals surface area (Å²) in [7, 11) is 1.59. The van der Waals surface area contributed by atoms with E-state index in [1.54, 1.807) is 25.3 Å². The van der Waals surface area contributed by atoms with Gasteiger partial charge in [0.05, 0.1) is 19.4 Å². The lowest BCUT2D eigenvalue weighted by atomic mass is 10.2. The molecule has 0 aliphatic heterocycles. The third-order valence-electron chi connectivity index (χ3n) is 3.91. The predicted octanol–water partition coefficient (Wildman–Crippen LogP) is 3.36. The fraction of sp³-hybridized carbons (Fsp3) is 0.238. The number of amides is 1. The van der Waals surface area contributed by atoms with Gasteiger partial charge in [-0.3, -0.25) is 4.79 Å².